The van der Waals surface area contributed by atoms with E-state index < -0.39 is 23.9 Å². The van der Waals surface area contributed by atoms with Crippen molar-refractivity contribution in [2.45, 2.75) is 32.2 Å². The van der Waals surface area contributed by atoms with Gasteiger partial charge in [0.15, 0.2) is 0 Å². The van der Waals surface area contributed by atoms with E-state index in [1.165, 1.54) is 17.3 Å². The van der Waals surface area contributed by atoms with E-state index in [0.717, 1.165) is 5.56 Å². The minimum Gasteiger partial charge on any atom is -0.360 e. The van der Waals surface area contributed by atoms with Crippen LogP contribution in [0.4, 0.5) is 13.2 Å². The maximum Gasteiger partial charge on any atom is 0.522 e. The largest absolute Gasteiger partial charge is 0.522 e. The molecule has 24 heavy (non-hydrogen) atoms. The van der Waals surface area contributed by atoms with E-state index in [2.05, 4.69) is 14.7 Å². The molecule has 3 heterocycles. The van der Waals surface area contributed by atoms with E-state index >= 15 is 0 Å². The number of aromatic nitrogens is 2. The summed E-state index contributed by atoms with van der Waals surface area (Å²) in [4.78, 5) is 31.4. The lowest BCUT2D eigenvalue weighted by Gasteiger charge is -2.32. The zero-order chi connectivity index (χ0) is 17.5. The second-order valence-electron chi connectivity index (χ2n) is 5.83. The molecule has 3 rings (SSSR count). The van der Waals surface area contributed by atoms with Crippen molar-refractivity contribution in [1.29, 1.82) is 0 Å². The van der Waals surface area contributed by atoms with Gasteiger partial charge in [0, 0.05) is 25.5 Å². The predicted octanol–water partition coefficient (Wildman–Crippen LogP) is 2.31. The number of alkyl halides is 3. The molecule has 2 aromatic rings. The predicted molar refractivity (Wildman–Crippen MR) is 79.7 cm³/mol. The number of aryl methyl sites for hydroxylation is 1. The van der Waals surface area contributed by atoms with Gasteiger partial charge >= 0.3 is 6.36 Å². The first-order chi connectivity index (χ1) is 11.3. The third kappa shape index (κ3) is 3.16. The summed E-state index contributed by atoms with van der Waals surface area (Å²) < 4.78 is 41.2. The Morgan fingerprint density at radius 2 is 2.08 bits per heavy atom. The van der Waals surface area contributed by atoms with Crippen LogP contribution in [0.5, 0.6) is 0 Å². The lowest BCUT2D eigenvalue weighted by Crippen LogP contribution is -2.44. The number of fused-ring (bicyclic) bond motifs is 1. The van der Waals surface area contributed by atoms with Crippen molar-refractivity contribution >= 4 is 16.8 Å². The average molecular weight is 343 g/mol. The van der Waals surface area contributed by atoms with Crippen LogP contribution >= 0.6 is 0 Å². The summed E-state index contributed by atoms with van der Waals surface area (Å²) >= 11 is 0. The number of hydrogen-bond acceptors (Lipinski definition) is 3. The number of halogens is 3. The number of pyridine rings is 1. The molecule has 0 aliphatic carbocycles. The summed E-state index contributed by atoms with van der Waals surface area (Å²) in [6.07, 6.45) is -2.23. The van der Waals surface area contributed by atoms with Crippen LogP contribution in [0.15, 0.2) is 17.2 Å². The number of hydrogen-bond donors (Lipinski definition) is 2. The van der Waals surface area contributed by atoms with E-state index in [1.807, 2.05) is 0 Å². The molecule has 1 unspecified atom stereocenters. The van der Waals surface area contributed by atoms with Gasteiger partial charge in [0.2, 0.25) is 0 Å². The molecule has 0 radical (unpaired) electrons. The molecule has 1 fully saturated rings. The molecule has 130 valence electrons. The highest BCUT2D eigenvalue weighted by Crippen LogP contribution is 2.25. The van der Waals surface area contributed by atoms with Gasteiger partial charge in [-0.2, -0.15) is 0 Å². The van der Waals surface area contributed by atoms with Gasteiger partial charge in [-0.3, -0.25) is 14.3 Å². The Kier molecular flexibility index (Phi) is 4.12. The number of nitrogens with zero attached hydrogens (tertiary/aromatic N) is 1. The molecular weight excluding hydrogens is 327 g/mol. The molecule has 1 aliphatic rings. The van der Waals surface area contributed by atoms with Crippen molar-refractivity contribution in [3.63, 3.8) is 0 Å². The smallest absolute Gasteiger partial charge is 0.360 e. The van der Waals surface area contributed by atoms with E-state index in [9.17, 15) is 22.8 Å². The molecule has 2 N–H and O–H groups in total. The Hall–Kier alpha value is -2.29. The van der Waals surface area contributed by atoms with Crippen molar-refractivity contribution in [2.24, 2.45) is 0 Å². The van der Waals surface area contributed by atoms with E-state index in [4.69, 9.17) is 0 Å². The van der Waals surface area contributed by atoms with Gasteiger partial charge in [-0.25, -0.2) is 0 Å². The highest BCUT2D eigenvalue weighted by atomic mass is 19.4. The number of piperidine rings is 1. The maximum absolute atomic E-state index is 12.7. The number of likely N-dealkylation sites (tertiary alicyclic amines) is 1. The van der Waals surface area contributed by atoms with E-state index in [1.54, 1.807) is 6.92 Å². The number of rotatable bonds is 2. The van der Waals surface area contributed by atoms with Crippen LogP contribution in [0.3, 0.4) is 0 Å². The molecule has 9 heteroatoms. The topological polar surface area (TPSA) is 78.2 Å². The Balaban J connectivity index is 1.87. The van der Waals surface area contributed by atoms with Crippen LogP contribution < -0.4 is 5.56 Å². The zero-order valence-corrected chi connectivity index (χ0v) is 12.9. The fourth-order valence-electron chi connectivity index (χ4n) is 3.04. The number of carbonyl (C=O) groups is 1. The number of amides is 1. The van der Waals surface area contributed by atoms with Crippen LogP contribution in [0.2, 0.25) is 0 Å². The fraction of sp³-hybridized carbons (Fsp3) is 0.467. The molecule has 1 aliphatic heterocycles. The Bertz CT molecular complexity index is 825. The molecule has 1 atom stereocenters. The first-order valence-electron chi connectivity index (χ1n) is 7.49. The molecule has 2 aromatic heterocycles. The van der Waals surface area contributed by atoms with Crippen molar-refractivity contribution in [3.8, 4) is 0 Å². The van der Waals surface area contributed by atoms with Gasteiger partial charge in [-0.1, -0.05) is 0 Å². The second-order valence-corrected chi connectivity index (χ2v) is 5.83. The number of carbonyl (C=O) groups excluding carboxylic acids is 1. The number of H-pyrrole nitrogens is 2. The monoisotopic (exact) mass is 343 g/mol. The van der Waals surface area contributed by atoms with Gasteiger partial charge in [-0.05, 0) is 25.3 Å². The highest BCUT2D eigenvalue weighted by molar-refractivity contribution is 6.07. The van der Waals surface area contributed by atoms with Crippen LogP contribution in [0.1, 0.15) is 28.8 Å². The van der Waals surface area contributed by atoms with Crippen LogP contribution in [0, 0.1) is 6.92 Å². The van der Waals surface area contributed by atoms with Crippen molar-refractivity contribution in [2.75, 3.05) is 13.1 Å². The minimum atomic E-state index is -4.73. The quantitative estimate of drug-likeness (QED) is 0.878. The van der Waals surface area contributed by atoms with Gasteiger partial charge in [-0.15, -0.1) is 13.2 Å². The molecule has 1 saturated heterocycles. The van der Waals surface area contributed by atoms with Gasteiger partial charge in [0.1, 0.15) is 0 Å². The normalized spacial score (nSPS) is 19.0. The third-order valence-corrected chi connectivity index (χ3v) is 4.12. The first kappa shape index (κ1) is 16.6. The van der Waals surface area contributed by atoms with Crippen molar-refractivity contribution in [1.82, 2.24) is 14.9 Å². The second kappa shape index (κ2) is 5.97. The summed E-state index contributed by atoms with van der Waals surface area (Å²) in [5.41, 5.74) is 1.05. The van der Waals surface area contributed by atoms with Gasteiger partial charge < -0.3 is 14.9 Å². The molecule has 1 amide bonds. The Morgan fingerprint density at radius 3 is 2.79 bits per heavy atom. The minimum absolute atomic E-state index is 0.155. The molecular formula is C15H16F3N3O3. The van der Waals surface area contributed by atoms with Crippen LogP contribution in [0.25, 0.3) is 10.9 Å². The summed E-state index contributed by atoms with van der Waals surface area (Å²) in [6, 6.07) is 0. The fourth-order valence-corrected chi connectivity index (χ4v) is 3.04. The number of aromatic amines is 2. The standard InChI is InChI=1S/C15H16F3N3O3/c1-8-5-20-13(22)11-10(6-19-12(8)11)14(23)21-4-2-3-9(7-21)24-15(16,17)18/h5-6,9,19H,2-4,7H2,1H3,(H,20,22). The first-order valence-corrected chi connectivity index (χ1v) is 7.49. The number of nitrogens with one attached hydrogen (secondary N) is 2. The number of ether oxygens (including phenoxy) is 1. The maximum atomic E-state index is 12.7. The summed E-state index contributed by atoms with van der Waals surface area (Å²) in [5, 5.41) is 0.221. The summed E-state index contributed by atoms with van der Waals surface area (Å²) in [6.45, 7) is 1.94. The van der Waals surface area contributed by atoms with E-state index in [0.29, 0.717) is 18.5 Å². The Morgan fingerprint density at radius 1 is 1.33 bits per heavy atom. The van der Waals surface area contributed by atoms with E-state index in [-0.39, 0.29) is 23.9 Å². The SMILES string of the molecule is Cc1c[nH]c(=O)c2c(C(=O)N3CCCC(OC(F)(F)F)C3)c[nH]c12. The van der Waals surface area contributed by atoms with Crippen molar-refractivity contribution < 1.29 is 22.7 Å². The average Bonchev–Trinajstić information content (AvgIpc) is 2.95. The molecule has 0 aromatic carbocycles. The molecule has 0 saturated carbocycles. The lowest BCUT2D eigenvalue weighted by atomic mass is 10.1. The molecule has 0 bridgehead atoms. The van der Waals surface area contributed by atoms with Crippen molar-refractivity contribution in [3.05, 3.63) is 33.9 Å². The summed E-state index contributed by atoms with van der Waals surface area (Å²) in [7, 11) is 0. The third-order valence-electron chi connectivity index (χ3n) is 4.12. The highest BCUT2D eigenvalue weighted by Gasteiger charge is 2.36. The van der Waals surface area contributed by atoms with Crippen LogP contribution in [-0.2, 0) is 4.74 Å². The zero-order valence-electron chi connectivity index (χ0n) is 12.9. The Labute approximate surface area is 134 Å². The van der Waals surface area contributed by atoms with Crippen LogP contribution in [-0.4, -0.2) is 46.3 Å². The molecule has 6 nitrogen and oxygen atoms in total. The van der Waals surface area contributed by atoms with Gasteiger partial charge in [0.05, 0.1) is 22.6 Å². The lowest BCUT2D eigenvalue weighted by molar-refractivity contribution is -0.345. The molecule has 0 spiro atoms. The van der Waals surface area contributed by atoms with Gasteiger partial charge in [0.25, 0.3) is 11.5 Å². The summed E-state index contributed by atoms with van der Waals surface area (Å²) in [5.74, 6) is -0.479.